The normalized spacial score (nSPS) is 11.7. The predicted octanol–water partition coefficient (Wildman–Crippen LogP) is 5.12. The Kier molecular flexibility index (Phi) is 5.19. The number of benzene rings is 1. The minimum absolute atomic E-state index is 0.00484. The van der Waals surface area contributed by atoms with Gasteiger partial charge in [-0.15, -0.1) is 0 Å². The average Bonchev–Trinajstić information content (AvgIpc) is 3.19. The molecule has 4 rings (SSSR count). The summed E-state index contributed by atoms with van der Waals surface area (Å²) in [5, 5.41) is 6.14. The number of aromatic nitrogens is 5. The minimum Gasteiger partial charge on any atom is -0.354 e. The zero-order chi connectivity index (χ0) is 20.9. The molecule has 0 radical (unpaired) electrons. The van der Waals surface area contributed by atoms with E-state index in [1.165, 1.54) is 4.68 Å². The van der Waals surface area contributed by atoms with Crippen LogP contribution in [0.3, 0.4) is 0 Å². The van der Waals surface area contributed by atoms with Crippen molar-refractivity contribution in [1.29, 1.82) is 0 Å². The topological polar surface area (TPSA) is 68.5 Å². The van der Waals surface area contributed by atoms with Crippen LogP contribution in [0.1, 0.15) is 37.0 Å². The standard InChI is InChI=1S/C20H18Cl3N5O/c1-10(2)17-16-19(28(26-17)18-13(22)7-11(21)8-14(18)23)24-15(25-20(16)29)9-12-5-4-6-27(12)3/h4-8,10H,9H2,1-3H3,(H,24,25,29). The monoisotopic (exact) mass is 449 g/mol. The third-order valence-electron chi connectivity index (χ3n) is 4.75. The van der Waals surface area contributed by atoms with Gasteiger partial charge in [0.1, 0.15) is 16.9 Å². The molecule has 0 amide bonds. The summed E-state index contributed by atoms with van der Waals surface area (Å²) in [5.74, 6) is 0.534. The first-order valence-corrected chi connectivity index (χ1v) is 10.2. The minimum atomic E-state index is -0.240. The number of aryl methyl sites for hydroxylation is 1. The predicted molar refractivity (Wildman–Crippen MR) is 117 cm³/mol. The summed E-state index contributed by atoms with van der Waals surface area (Å²) < 4.78 is 3.52. The van der Waals surface area contributed by atoms with Gasteiger partial charge in [-0.25, -0.2) is 9.67 Å². The van der Waals surface area contributed by atoms with Gasteiger partial charge in [-0.05, 0) is 30.2 Å². The van der Waals surface area contributed by atoms with E-state index in [-0.39, 0.29) is 11.5 Å². The quantitative estimate of drug-likeness (QED) is 0.469. The van der Waals surface area contributed by atoms with E-state index >= 15 is 0 Å². The maximum Gasteiger partial charge on any atom is 0.262 e. The van der Waals surface area contributed by atoms with Crippen LogP contribution in [0.5, 0.6) is 0 Å². The summed E-state index contributed by atoms with van der Waals surface area (Å²) in [7, 11) is 1.94. The number of fused-ring (bicyclic) bond motifs is 1. The number of nitrogens with one attached hydrogen (secondary N) is 1. The molecule has 0 saturated heterocycles. The van der Waals surface area contributed by atoms with Crippen molar-refractivity contribution in [2.24, 2.45) is 7.05 Å². The summed E-state index contributed by atoms with van der Waals surface area (Å²) in [6, 6.07) is 7.10. The van der Waals surface area contributed by atoms with Crippen molar-refractivity contribution in [3.8, 4) is 5.69 Å². The first-order chi connectivity index (χ1) is 13.8. The maximum absolute atomic E-state index is 13.0. The molecule has 3 heterocycles. The summed E-state index contributed by atoms with van der Waals surface area (Å²) >= 11 is 18.9. The van der Waals surface area contributed by atoms with E-state index in [1.807, 2.05) is 43.8 Å². The van der Waals surface area contributed by atoms with Crippen LogP contribution in [0, 0.1) is 0 Å². The molecule has 150 valence electrons. The van der Waals surface area contributed by atoms with E-state index in [9.17, 15) is 4.79 Å². The molecule has 3 aromatic heterocycles. The van der Waals surface area contributed by atoms with Gasteiger partial charge in [0, 0.05) is 30.4 Å². The van der Waals surface area contributed by atoms with Gasteiger partial charge in [0.15, 0.2) is 5.65 Å². The molecule has 1 aromatic carbocycles. The van der Waals surface area contributed by atoms with E-state index in [0.29, 0.717) is 49.7 Å². The zero-order valence-corrected chi connectivity index (χ0v) is 18.3. The Labute approximate surface area is 182 Å². The van der Waals surface area contributed by atoms with Crippen LogP contribution < -0.4 is 5.56 Å². The van der Waals surface area contributed by atoms with Crippen molar-refractivity contribution in [3.05, 3.63) is 73.1 Å². The van der Waals surface area contributed by atoms with E-state index in [0.717, 1.165) is 5.69 Å². The van der Waals surface area contributed by atoms with Crippen LogP contribution in [0.2, 0.25) is 15.1 Å². The number of halogens is 3. The van der Waals surface area contributed by atoms with E-state index < -0.39 is 0 Å². The number of H-pyrrole nitrogens is 1. The molecule has 0 fully saturated rings. The molecule has 0 spiro atoms. The molecule has 0 atom stereocenters. The SMILES string of the molecule is CC(C)c1nn(-c2c(Cl)cc(Cl)cc2Cl)c2nc(Cc3cccn3C)[nH]c(=O)c12. The van der Waals surface area contributed by atoms with Crippen LogP contribution in [-0.4, -0.2) is 24.3 Å². The van der Waals surface area contributed by atoms with Gasteiger partial charge < -0.3 is 9.55 Å². The second kappa shape index (κ2) is 7.52. The van der Waals surface area contributed by atoms with E-state index in [4.69, 9.17) is 39.8 Å². The van der Waals surface area contributed by atoms with Crippen LogP contribution in [0.15, 0.2) is 35.3 Å². The van der Waals surface area contributed by atoms with Gasteiger partial charge >= 0.3 is 0 Å². The molecule has 4 aromatic rings. The van der Waals surface area contributed by atoms with Gasteiger partial charge in [0.2, 0.25) is 0 Å². The summed E-state index contributed by atoms with van der Waals surface area (Å²) in [6.45, 7) is 3.93. The number of aromatic amines is 1. The molecule has 6 nitrogen and oxygen atoms in total. The Hall–Kier alpha value is -2.28. The second-order valence-electron chi connectivity index (χ2n) is 7.17. The largest absolute Gasteiger partial charge is 0.354 e. The van der Waals surface area contributed by atoms with Crippen LogP contribution in [0.4, 0.5) is 0 Å². The zero-order valence-electron chi connectivity index (χ0n) is 16.0. The van der Waals surface area contributed by atoms with Crippen LogP contribution >= 0.6 is 34.8 Å². The lowest BCUT2D eigenvalue weighted by Gasteiger charge is -2.09. The number of nitrogens with zero attached hydrogens (tertiary/aromatic N) is 4. The molecule has 0 aliphatic carbocycles. The highest BCUT2D eigenvalue weighted by Crippen LogP contribution is 2.34. The fourth-order valence-electron chi connectivity index (χ4n) is 3.33. The molecule has 0 aliphatic heterocycles. The highest BCUT2D eigenvalue weighted by atomic mass is 35.5. The summed E-state index contributed by atoms with van der Waals surface area (Å²) in [5.41, 5.74) is 2.26. The van der Waals surface area contributed by atoms with Crippen molar-refractivity contribution in [2.75, 3.05) is 0 Å². The molecular formula is C20H18Cl3N5O. The number of hydrogen-bond donors (Lipinski definition) is 1. The van der Waals surface area contributed by atoms with Crippen molar-refractivity contribution in [1.82, 2.24) is 24.3 Å². The molecule has 0 aliphatic rings. The van der Waals surface area contributed by atoms with Crippen molar-refractivity contribution in [2.45, 2.75) is 26.2 Å². The summed E-state index contributed by atoms with van der Waals surface area (Å²) in [4.78, 5) is 20.6. The van der Waals surface area contributed by atoms with Gasteiger partial charge in [-0.2, -0.15) is 5.10 Å². The van der Waals surface area contributed by atoms with E-state index in [2.05, 4.69) is 10.1 Å². The summed E-state index contributed by atoms with van der Waals surface area (Å²) in [6.07, 6.45) is 2.42. The maximum atomic E-state index is 13.0. The van der Waals surface area contributed by atoms with Gasteiger partial charge in [0.25, 0.3) is 5.56 Å². The van der Waals surface area contributed by atoms with E-state index in [1.54, 1.807) is 12.1 Å². The third kappa shape index (κ3) is 3.56. The first kappa shape index (κ1) is 20.0. The van der Waals surface area contributed by atoms with Crippen molar-refractivity contribution < 1.29 is 0 Å². The van der Waals surface area contributed by atoms with Gasteiger partial charge in [0.05, 0.1) is 15.7 Å². The molecular weight excluding hydrogens is 433 g/mol. The molecule has 0 bridgehead atoms. The molecule has 0 saturated carbocycles. The lowest BCUT2D eigenvalue weighted by atomic mass is 10.1. The lowest BCUT2D eigenvalue weighted by molar-refractivity contribution is 0.775. The van der Waals surface area contributed by atoms with Crippen LogP contribution in [0.25, 0.3) is 16.7 Å². The number of rotatable bonds is 4. The fraction of sp³-hybridized carbons (Fsp3) is 0.250. The fourth-order valence-corrected chi connectivity index (χ4v) is 4.31. The van der Waals surface area contributed by atoms with Crippen molar-refractivity contribution in [3.63, 3.8) is 0 Å². The first-order valence-electron chi connectivity index (χ1n) is 9.03. The van der Waals surface area contributed by atoms with Gasteiger partial charge in [-0.3, -0.25) is 4.79 Å². The average molecular weight is 451 g/mol. The lowest BCUT2D eigenvalue weighted by Crippen LogP contribution is -2.14. The molecule has 0 unspecified atom stereocenters. The Balaban J connectivity index is 2.00. The van der Waals surface area contributed by atoms with Gasteiger partial charge in [-0.1, -0.05) is 48.7 Å². The smallest absolute Gasteiger partial charge is 0.262 e. The second-order valence-corrected chi connectivity index (χ2v) is 8.42. The Bertz CT molecular complexity index is 1260. The Morgan fingerprint density at radius 3 is 2.45 bits per heavy atom. The molecule has 29 heavy (non-hydrogen) atoms. The molecule has 1 N–H and O–H groups in total. The third-order valence-corrected chi connectivity index (χ3v) is 5.55. The van der Waals surface area contributed by atoms with Crippen molar-refractivity contribution >= 4 is 45.8 Å². The molecule has 9 heteroatoms. The highest BCUT2D eigenvalue weighted by molar-refractivity contribution is 6.40. The number of hydrogen-bond acceptors (Lipinski definition) is 3. The Morgan fingerprint density at radius 2 is 1.86 bits per heavy atom. The highest BCUT2D eigenvalue weighted by Gasteiger charge is 2.23. The Morgan fingerprint density at radius 1 is 1.17 bits per heavy atom. The van der Waals surface area contributed by atoms with Crippen LogP contribution in [-0.2, 0) is 13.5 Å².